The Morgan fingerprint density at radius 1 is 1.59 bits per heavy atom. The predicted molar refractivity (Wildman–Crippen MR) is 70.2 cm³/mol. The highest BCUT2D eigenvalue weighted by molar-refractivity contribution is 7.15. The van der Waals surface area contributed by atoms with E-state index in [-0.39, 0.29) is 17.9 Å². The number of nitrogens with two attached hydrogens (primary N) is 1. The van der Waals surface area contributed by atoms with Crippen LogP contribution in [0.2, 0.25) is 0 Å². The average molecular weight is 253 g/mol. The summed E-state index contributed by atoms with van der Waals surface area (Å²) in [5.41, 5.74) is 6.89. The Balaban J connectivity index is 1.98. The fourth-order valence-corrected chi connectivity index (χ4v) is 3.18. The minimum Gasteiger partial charge on any atom is -0.328 e. The highest BCUT2D eigenvalue weighted by Gasteiger charge is 2.28. The predicted octanol–water partition coefficient (Wildman–Crippen LogP) is 2.08. The van der Waals surface area contributed by atoms with Crippen molar-refractivity contribution in [3.63, 3.8) is 0 Å². The third kappa shape index (κ3) is 2.84. The van der Waals surface area contributed by atoms with Crippen molar-refractivity contribution in [3.8, 4) is 0 Å². The quantitative estimate of drug-likeness (QED) is 0.866. The third-order valence-electron chi connectivity index (χ3n) is 3.30. The van der Waals surface area contributed by atoms with Crippen LogP contribution in [-0.2, 0) is 11.2 Å². The monoisotopic (exact) mass is 253 g/mol. The SMILES string of the molecule is CCc1nc(NC(=O)C2CCC(N)C2)sc1C. The second-order valence-electron chi connectivity index (χ2n) is 4.63. The van der Waals surface area contributed by atoms with Gasteiger partial charge in [-0.1, -0.05) is 6.92 Å². The van der Waals surface area contributed by atoms with Crippen LogP contribution in [0.15, 0.2) is 0 Å². The molecule has 2 atom stereocenters. The molecular weight excluding hydrogens is 234 g/mol. The Labute approximate surface area is 106 Å². The molecule has 1 heterocycles. The molecule has 2 unspecified atom stereocenters. The summed E-state index contributed by atoms with van der Waals surface area (Å²) >= 11 is 1.55. The van der Waals surface area contributed by atoms with Crippen LogP contribution < -0.4 is 11.1 Å². The number of rotatable bonds is 3. The number of anilines is 1. The summed E-state index contributed by atoms with van der Waals surface area (Å²) < 4.78 is 0. The molecule has 0 radical (unpaired) electrons. The van der Waals surface area contributed by atoms with Crippen LogP contribution in [0.1, 0.15) is 36.8 Å². The van der Waals surface area contributed by atoms with E-state index in [0.717, 1.165) is 36.5 Å². The van der Waals surface area contributed by atoms with Crippen molar-refractivity contribution in [3.05, 3.63) is 10.6 Å². The number of aryl methyl sites for hydroxylation is 2. The second kappa shape index (κ2) is 5.14. The van der Waals surface area contributed by atoms with Crippen molar-refractivity contribution < 1.29 is 4.79 Å². The summed E-state index contributed by atoms with van der Waals surface area (Å²) in [5.74, 6) is 0.147. The fourth-order valence-electron chi connectivity index (χ4n) is 2.27. The van der Waals surface area contributed by atoms with Gasteiger partial charge in [-0.05, 0) is 32.6 Å². The van der Waals surface area contributed by atoms with Crippen molar-refractivity contribution in [1.82, 2.24) is 4.98 Å². The van der Waals surface area contributed by atoms with Gasteiger partial charge < -0.3 is 11.1 Å². The molecule has 0 aromatic carbocycles. The van der Waals surface area contributed by atoms with Gasteiger partial charge in [0, 0.05) is 16.8 Å². The van der Waals surface area contributed by atoms with Crippen LogP contribution in [0.4, 0.5) is 5.13 Å². The highest BCUT2D eigenvalue weighted by Crippen LogP contribution is 2.27. The first-order valence-electron chi connectivity index (χ1n) is 6.13. The molecule has 2 rings (SSSR count). The fraction of sp³-hybridized carbons (Fsp3) is 0.667. The topological polar surface area (TPSA) is 68.0 Å². The molecule has 0 saturated heterocycles. The van der Waals surface area contributed by atoms with Gasteiger partial charge in [0.05, 0.1) is 5.69 Å². The Kier molecular flexibility index (Phi) is 3.79. The zero-order valence-corrected chi connectivity index (χ0v) is 11.1. The molecule has 17 heavy (non-hydrogen) atoms. The number of hydrogen-bond donors (Lipinski definition) is 2. The number of nitrogens with one attached hydrogen (secondary N) is 1. The van der Waals surface area contributed by atoms with E-state index in [4.69, 9.17) is 5.73 Å². The van der Waals surface area contributed by atoms with Gasteiger partial charge >= 0.3 is 0 Å². The lowest BCUT2D eigenvalue weighted by Crippen LogP contribution is -2.23. The normalized spacial score (nSPS) is 23.9. The van der Waals surface area contributed by atoms with Crippen LogP contribution in [-0.4, -0.2) is 16.9 Å². The largest absolute Gasteiger partial charge is 0.328 e. The van der Waals surface area contributed by atoms with Crippen LogP contribution in [0, 0.1) is 12.8 Å². The van der Waals surface area contributed by atoms with Crippen LogP contribution in [0.3, 0.4) is 0 Å². The van der Waals surface area contributed by atoms with Gasteiger partial charge in [0.1, 0.15) is 0 Å². The maximum absolute atomic E-state index is 12.0. The zero-order chi connectivity index (χ0) is 12.4. The molecule has 1 fully saturated rings. The molecule has 5 heteroatoms. The van der Waals surface area contributed by atoms with E-state index in [1.807, 2.05) is 6.92 Å². The Morgan fingerprint density at radius 2 is 2.35 bits per heavy atom. The molecule has 0 aliphatic heterocycles. The first-order chi connectivity index (χ1) is 8.10. The summed E-state index contributed by atoms with van der Waals surface area (Å²) in [6.07, 6.45) is 3.57. The van der Waals surface area contributed by atoms with E-state index in [0.29, 0.717) is 0 Å². The molecule has 0 spiro atoms. The lowest BCUT2D eigenvalue weighted by atomic mass is 10.1. The van der Waals surface area contributed by atoms with Gasteiger partial charge in [-0.25, -0.2) is 4.98 Å². The number of thiazole rings is 1. The van der Waals surface area contributed by atoms with E-state index in [1.54, 1.807) is 11.3 Å². The highest BCUT2D eigenvalue weighted by atomic mass is 32.1. The summed E-state index contributed by atoms with van der Waals surface area (Å²) in [6, 6.07) is 0.190. The molecule has 1 amide bonds. The van der Waals surface area contributed by atoms with Gasteiger partial charge in [0.25, 0.3) is 0 Å². The van der Waals surface area contributed by atoms with Gasteiger partial charge in [-0.3, -0.25) is 4.79 Å². The molecular formula is C12H19N3OS. The minimum atomic E-state index is 0.0688. The molecule has 1 saturated carbocycles. The number of carbonyl (C=O) groups is 1. The van der Waals surface area contributed by atoms with Crippen molar-refractivity contribution in [2.24, 2.45) is 11.7 Å². The average Bonchev–Trinajstić information content (AvgIpc) is 2.85. The number of hydrogen-bond acceptors (Lipinski definition) is 4. The number of aromatic nitrogens is 1. The summed E-state index contributed by atoms with van der Waals surface area (Å²) in [5, 5.41) is 3.64. The van der Waals surface area contributed by atoms with Gasteiger partial charge in [-0.2, -0.15) is 0 Å². The maximum Gasteiger partial charge on any atom is 0.229 e. The molecule has 94 valence electrons. The zero-order valence-electron chi connectivity index (χ0n) is 10.3. The lowest BCUT2D eigenvalue weighted by Gasteiger charge is -2.08. The van der Waals surface area contributed by atoms with E-state index in [2.05, 4.69) is 17.2 Å². The number of carbonyl (C=O) groups excluding carboxylic acids is 1. The Morgan fingerprint density at radius 3 is 2.88 bits per heavy atom. The van der Waals surface area contributed by atoms with Crippen molar-refractivity contribution in [2.75, 3.05) is 5.32 Å². The lowest BCUT2D eigenvalue weighted by molar-refractivity contribution is -0.119. The van der Waals surface area contributed by atoms with E-state index in [9.17, 15) is 4.79 Å². The van der Waals surface area contributed by atoms with Gasteiger partial charge in [0.2, 0.25) is 5.91 Å². The first kappa shape index (κ1) is 12.5. The molecule has 1 aromatic rings. The summed E-state index contributed by atoms with van der Waals surface area (Å²) in [6.45, 7) is 4.11. The molecule has 1 aliphatic rings. The van der Waals surface area contributed by atoms with E-state index in [1.165, 1.54) is 4.88 Å². The van der Waals surface area contributed by atoms with E-state index < -0.39 is 0 Å². The Hall–Kier alpha value is -0.940. The van der Waals surface area contributed by atoms with Gasteiger partial charge in [-0.15, -0.1) is 11.3 Å². The van der Waals surface area contributed by atoms with Crippen molar-refractivity contribution in [1.29, 1.82) is 0 Å². The second-order valence-corrected chi connectivity index (χ2v) is 5.84. The minimum absolute atomic E-state index is 0.0688. The van der Waals surface area contributed by atoms with Crippen molar-refractivity contribution >= 4 is 22.4 Å². The van der Waals surface area contributed by atoms with Crippen LogP contribution in [0.25, 0.3) is 0 Å². The summed E-state index contributed by atoms with van der Waals surface area (Å²) in [7, 11) is 0. The smallest absolute Gasteiger partial charge is 0.229 e. The summed E-state index contributed by atoms with van der Waals surface area (Å²) in [4.78, 5) is 17.6. The molecule has 0 bridgehead atoms. The number of amides is 1. The van der Waals surface area contributed by atoms with Gasteiger partial charge in [0.15, 0.2) is 5.13 Å². The first-order valence-corrected chi connectivity index (χ1v) is 6.94. The molecule has 1 aromatic heterocycles. The standard InChI is InChI=1S/C12H19N3OS/c1-3-10-7(2)17-12(14-10)15-11(16)8-4-5-9(13)6-8/h8-9H,3-6,13H2,1-2H3,(H,14,15,16). The molecule has 3 N–H and O–H groups in total. The third-order valence-corrected chi connectivity index (χ3v) is 4.23. The van der Waals surface area contributed by atoms with Crippen molar-refractivity contribution in [2.45, 2.75) is 45.6 Å². The van der Waals surface area contributed by atoms with Crippen LogP contribution in [0.5, 0.6) is 0 Å². The number of nitrogens with zero attached hydrogens (tertiary/aromatic N) is 1. The van der Waals surface area contributed by atoms with Crippen LogP contribution >= 0.6 is 11.3 Å². The Bertz CT molecular complexity index is 416. The van der Waals surface area contributed by atoms with E-state index >= 15 is 0 Å². The molecule has 1 aliphatic carbocycles. The maximum atomic E-state index is 12.0. The molecule has 4 nitrogen and oxygen atoms in total.